The summed E-state index contributed by atoms with van der Waals surface area (Å²) >= 11 is 7.30. The molecule has 0 aliphatic rings. The molecule has 0 aliphatic carbocycles. The minimum Gasteiger partial charge on any atom is -0.480 e. The summed E-state index contributed by atoms with van der Waals surface area (Å²) < 4.78 is 0.689. The van der Waals surface area contributed by atoms with E-state index in [9.17, 15) is 9.59 Å². The molecule has 6 heteroatoms. The van der Waals surface area contributed by atoms with Crippen LogP contribution in [0.1, 0.15) is 16.9 Å². The second-order valence-electron chi connectivity index (χ2n) is 4.83. The molecule has 116 valence electrons. The third-order valence-corrected chi connectivity index (χ3v) is 4.40. The Hall–Kier alpha value is -1.85. The molecule has 2 aromatic rings. The van der Waals surface area contributed by atoms with Gasteiger partial charge in [-0.1, -0.05) is 41.9 Å². The van der Waals surface area contributed by atoms with Crippen molar-refractivity contribution in [2.24, 2.45) is 0 Å². The van der Waals surface area contributed by atoms with Gasteiger partial charge in [-0.05, 0) is 24.1 Å². The highest BCUT2D eigenvalue weighted by molar-refractivity contribution is 7.16. The van der Waals surface area contributed by atoms with Crippen LogP contribution >= 0.6 is 22.9 Å². The Morgan fingerprint density at radius 1 is 1.14 bits per heavy atom. The third kappa shape index (κ3) is 5.16. The molecule has 22 heavy (non-hydrogen) atoms. The van der Waals surface area contributed by atoms with E-state index < -0.39 is 5.97 Å². The van der Waals surface area contributed by atoms with Crippen molar-refractivity contribution in [3.8, 4) is 0 Å². The second-order valence-corrected chi connectivity index (χ2v) is 6.63. The maximum absolute atomic E-state index is 12.3. The van der Waals surface area contributed by atoms with Crippen molar-refractivity contribution >= 4 is 34.8 Å². The Morgan fingerprint density at radius 2 is 1.86 bits per heavy atom. The van der Waals surface area contributed by atoms with Crippen LogP contribution in [0.15, 0.2) is 42.5 Å². The number of carbonyl (C=O) groups excluding carboxylic acids is 1. The number of thiophene rings is 1. The molecule has 0 atom stereocenters. The highest BCUT2D eigenvalue weighted by atomic mass is 35.5. The molecule has 0 unspecified atom stereocenters. The fourth-order valence-corrected chi connectivity index (χ4v) is 3.16. The minimum absolute atomic E-state index is 0.171. The van der Waals surface area contributed by atoms with E-state index in [0.29, 0.717) is 17.3 Å². The molecule has 0 fully saturated rings. The number of hydrogen-bond donors (Lipinski definition) is 1. The molecule has 2 rings (SSSR count). The van der Waals surface area contributed by atoms with Gasteiger partial charge in [-0.15, -0.1) is 11.3 Å². The Morgan fingerprint density at radius 3 is 2.45 bits per heavy atom. The fraction of sp³-hybridized carbons (Fsp3) is 0.250. The summed E-state index contributed by atoms with van der Waals surface area (Å²) in [5, 5.41) is 8.99. The number of benzene rings is 1. The largest absolute Gasteiger partial charge is 0.480 e. The van der Waals surface area contributed by atoms with E-state index >= 15 is 0 Å². The molecule has 0 bridgehead atoms. The highest BCUT2D eigenvalue weighted by Crippen LogP contribution is 2.22. The second kappa shape index (κ2) is 7.96. The molecule has 1 aromatic carbocycles. The molecule has 0 radical (unpaired) electrons. The monoisotopic (exact) mass is 337 g/mol. The minimum atomic E-state index is -1.01. The number of carbonyl (C=O) groups is 2. The van der Waals surface area contributed by atoms with Gasteiger partial charge in [0.25, 0.3) is 0 Å². The standard InChI is InChI=1S/C16H16ClNO3S/c17-14-8-6-13(22-14)7-9-15(19)18(11-16(20)21)10-12-4-2-1-3-5-12/h1-6,8H,7,9-11H2,(H,20,21). The van der Waals surface area contributed by atoms with Crippen LogP contribution in [-0.2, 0) is 22.6 Å². The van der Waals surface area contributed by atoms with Gasteiger partial charge in [0.2, 0.25) is 5.91 Å². The van der Waals surface area contributed by atoms with E-state index in [4.69, 9.17) is 16.7 Å². The molecular weight excluding hydrogens is 322 g/mol. The van der Waals surface area contributed by atoms with Crippen LogP contribution < -0.4 is 0 Å². The number of carboxylic acids is 1. The molecule has 1 N–H and O–H groups in total. The van der Waals surface area contributed by atoms with Crippen LogP contribution in [0.3, 0.4) is 0 Å². The van der Waals surface area contributed by atoms with E-state index in [1.807, 2.05) is 36.4 Å². The normalized spacial score (nSPS) is 10.4. The molecule has 0 saturated carbocycles. The third-order valence-electron chi connectivity index (χ3n) is 3.11. The van der Waals surface area contributed by atoms with Gasteiger partial charge in [0.05, 0.1) is 4.34 Å². The number of rotatable bonds is 7. The fourth-order valence-electron chi connectivity index (χ4n) is 2.07. The summed E-state index contributed by atoms with van der Waals surface area (Å²) in [6, 6.07) is 13.1. The van der Waals surface area contributed by atoms with Crippen molar-refractivity contribution in [1.29, 1.82) is 0 Å². The molecule has 1 amide bonds. The van der Waals surface area contributed by atoms with E-state index in [0.717, 1.165) is 10.4 Å². The SMILES string of the molecule is O=C(O)CN(Cc1ccccc1)C(=O)CCc1ccc(Cl)s1. The smallest absolute Gasteiger partial charge is 0.323 e. The van der Waals surface area contributed by atoms with E-state index in [2.05, 4.69) is 0 Å². The quantitative estimate of drug-likeness (QED) is 0.842. The number of carboxylic acid groups (broad SMARTS) is 1. The van der Waals surface area contributed by atoms with Crippen molar-refractivity contribution < 1.29 is 14.7 Å². The number of aryl methyl sites for hydroxylation is 1. The topological polar surface area (TPSA) is 57.6 Å². The molecule has 0 spiro atoms. The van der Waals surface area contributed by atoms with Gasteiger partial charge in [-0.25, -0.2) is 0 Å². The van der Waals surface area contributed by atoms with E-state index in [1.54, 1.807) is 6.07 Å². The van der Waals surface area contributed by atoms with Crippen molar-refractivity contribution in [2.75, 3.05) is 6.54 Å². The number of hydrogen-bond acceptors (Lipinski definition) is 3. The lowest BCUT2D eigenvalue weighted by atomic mass is 10.2. The summed E-state index contributed by atoms with van der Waals surface area (Å²) in [4.78, 5) is 25.7. The first-order valence-corrected chi connectivity index (χ1v) is 8.02. The predicted molar refractivity (Wildman–Crippen MR) is 87.1 cm³/mol. The molecular formula is C16H16ClNO3S. The molecule has 0 saturated heterocycles. The maximum atomic E-state index is 12.3. The van der Waals surface area contributed by atoms with Crippen molar-refractivity contribution in [2.45, 2.75) is 19.4 Å². The average molecular weight is 338 g/mol. The van der Waals surface area contributed by atoms with Gasteiger partial charge in [0.1, 0.15) is 6.54 Å². The summed E-state index contributed by atoms with van der Waals surface area (Å²) in [5.74, 6) is -1.18. The summed E-state index contributed by atoms with van der Waals surface area (Å²) in [6.07, 6.45) is 0.845. The van der Waals surface area contributed by atoms with Gasteiger partial charge in [-0.2, -0.15) is 0 Å². The maximum Gasteiger partial charge on any atom is 0.323 e. The number of aliphatic carboxylic acids is 1. The lowest BCUT2D eigenvalue weighted by Crippen LogP contribution is -2.35. The van der Waals surface area contributed by atoms with Crippen molar-refractivity contribution in [3.63, 3.8) is 0 Å². The van der Waals surface area contributed by atoms with Gasteiger partial charge >= 0.3 is 5.97 Å². The number of halogens is 1. The summed E-state index contributed by atoms with van der Waals surface area (Å²) in [5.41, 5.74) is 0.913. The molecule has 1 heterocycles. The van der Waals surface area contributed by atoms with Crippen molar-refractivity contribution in [1.82, 2.24) is 4.90 Å². The van der Waals surface area contributed by atoms with Crippen LogP contribution in [0.25, 0.3) is 0 Å². The van der Waals surface area contributed by atoms with Crippen LogP contribution in [0.4, 0.5) is 0 Å². The van der Waals surface area contributed by atoms with Crippen molar-refractivity contribution in [3.05, 3.63) is 57.2 Å². The summed E-state index contributed by atoms with van der Waals surface area (Å²) in [7, 11) is 0. The van der Waals surface area contributed by atoms with Gasteiger partial charge < -0.3 is 10.0 Å². The number of nitrogens with zero attached hydrogens (tertiary/aromatic N) is 1. The van der Waals surface area contributed by atoms with Crippen LogP contribution in [0.5, 0.6) is 0 Å². The van der Waals surface area contributed by atoms with E-state index in [-0.39, 0.29) is 18.9 Å². The van der Waals surface area contributed by atoms with E-state index in [1.165, 1.54) is 16.2 Å². The highest BCUT2D eigenvalue weighted by Gasteiger charge is 2.17. The first-order chi connectivity index (χ1) is 10.5. The lowest BCUT2D eigenvalue weighted by Gasteiger charge is -2.20. The predicted octanol–water partition coefficient (Wildman–Crippen LogP) is 3.45. The molecule has 1 aromatic heterocycles. The summed E-state index contributed by atoms with van der Waals surface area (Å²) in [6.45, 7) is 0.0100. The van der Waals surface area contributed by atoms with Crippen LogP contribution in [0.2, 0.25) is 4.34 Å². The lowest BCUT2D eigenvalue weighted by molar-refractivity contribution is -0.144. The molecule has 0 aliphatic heterocycles. The van der Waals surface area contributed by atoms with Crippen LogP contribution in [0, 0.1) is 0 Å². The first kappa shape index (κ1) is 16.5. The Kier molecular flexibility index (Phi) is 5.98. The number of amides is 1. The Labute approximate surface area is 137 Å². The van der Waals surface area contributed by atoms with Gasteiger partial charge in [-0.3, -0.25) is 9.59 Å². The zero-order valence-electron chi connectivity index (χ0n) is 11.9. The Bertz CT molecular complexity index is 642. The average Bonchev–Trinajstić information content (AvgIpc) is 2.90. The zero-order valence-corrected chi connectivity index (χ0v) is 13.4. The zero-order chi connectivity index (χ0) is 15.9. The van der Waals surface area contributed by atoms with Gasteiger partial charge in [0, 0.05) is 17.8 Å². The Balaban J connectivity index is 1.97. The van der Waals surface area contributed by atoms with Gasteiger partial charge in [0.15, 0.2) is 0 Å². The van der Waals surface area contributed by atoms with Crippen LogP contribution in [-0.4, -0.2) is 28.4 Å². The first-order valence-electron chi connectivity index (χ1n) is 6.82. The molecule has 4 nitrogen and oxygen atoms in total.